The molecule has 0 atom stereocenters. The molecule has 0 saturated carbocycles. The number of nitrogens with one attached hydrogen (secondary N) is 2. The molecule has 1 aromatic heterocycles. The number of nitrogens with zero attached hydrogens (tertiary/aromatic N) is 3. The Labute approximate surface area is 131 Å². The van der Waals surface area contributed by atoms with Gasteiger partial charge in [-0.05, 0) is 25.1 Å². The van der Waals surface area contributed by atoms with E-state index >= 15 is 0 Å². The van der Waals surface area contributed by atoms with Crippen molar-refractivity contribution in [2.24, 2.45) is 5.10 Å². The largest absolute Gasteiger partial charge is 0.326 e. The highest BCUT2D eigenvalue weighted by atomic mass is 19.1. The van der Waals surface area contributed by atoms with Crippen molar-refractivity contribution in [3.05, 3.63) is 54.4 Å². The van der Waals surface area contributed by atoms with Gasteiger partial charge in [-0.25, -0.2) is 14.8 Å². The zero-order valence-electron chi connectivity index (χ0n) is 12.3. The summed E-state index contributed by atoms with van der Waals surface area (Å²) >= 11 is 0. The maximum atomic E-state index is 13.0. The molecule has 0 aliphatic carbocycles. The van der Waals surface area contributed by atoms with Crippen molar-refractivity contribution < 1.29 is 14.0 Å². The minimum Gasteiger partial charge on any atom is -0.326 e. The van der Waals surface area contributed by atoms with Gasteiger partial charge in [-0.1, -0.05) is 6.07 Å². The van der Waals surface area contributed by atoms with Gasteiger partial charge in [0.05, 0.1) is 12.6 Å². The first-order chi connectivity index (χ1) is 11.0. The van der Waals surface area contributed by atoms with Crippen molar-refractivity contribution in [2.45, 2.75) is 13.3 Å². The number of halogens is 1. The van der Waals surface area contributed by atoms with E-state index in [1.54, 1.807) is 13.0 Å². The highest BCUT2D eigenvalue weighted by molar-refractivity contribution is 6.06. The lowest BCUT2D eigenvalue weighted by atomic mass is 10.2. The first-order valence-electron chi connectivity index (χ1n) is 6.69. The second-order valence-electron chi connectivity index (χ2n) is 4.61. The van der Waals surface area contributed by atoms with E-state index < -0.39 is 11.7 Å². The van der Waals surface area contributed by atoms with E-state index in [9.17, 15) is 14.0 Å². The van der Waals surface area contributed by atoms with Crippen molar-refractivity contribution in [2.75, 3.05) is 5.32 Å². The van der Waals surface area contributed by atoms with Crippen LogP contribution in [0, 0.1) is 5.82 Å². The number of amides is 2. The fourth-order valence-electron chi connectivity index (χ4n) is 1.66. The van der Waals surface area contributed by atoms with Gasteiger partial charge in [0.1, 0.15) is 11.5 Å². The van der Waals surface area contributed by atoms with Crippen molar-refractivity contribution in [3.8, 4) is 0 Å². The van der Waals surface area contributed by atoms with Gasteiger partial charge in [0.15, 0.2) is 0 Å². The van der Waals surface area contributed by atoms with Crippen LogP contribution in [0.4, 0.5) is 10.1 Å². The van der Waals surface area contributed by atoms with E-state index in [4.69, 9.17) is 0 Å². The highest BCUT2D eigenvalue weighted by Crippen LogP contribution is 2.09. The first kappa shape index (κ1) is 16.2. The van der Waals surface area contributed by atoms with E-state index in [1.165, 1.54) is 36.8 Å². The summed E-state index contributed by atoms with van der Waals surface area (Å²) in [6.45, 7) is 1.59. The number of hydrazone groups is 1. The fourth-order valence-corrected chi connectivity index (χ4v) is 1.66. The molecule has 118 valence electrons. The summed E-state index contributed by atoms with van der Waals surface area (Å²) in [6.07, 6.45) is 4.09. The molecule has 2 amide bonds. The smallest absolute Gasteiger partial charge is 0.291 e. The number of hydrogen-bond acceptors (Lipinski definition) is 5. The van der Waals surface area contributed by atoms with Crippen molar-refractivity contribution >= 4 is 23.2 Å². The van der Waals surface area contributed by atoms with E-state index in [2.05, 4.69) is 25.8 Å². The minimum atomic E-state index is -0.525. The Balaban J connectivity index is 1.87. The molecule has 1 aromatic carbocycles. The normalized spacial score (nSPS) is 11.0. The first-order valence-corrected chi connectivity index (χ1v) is 6.69. The minimum absolute atomic E-state index is 0.0444. The molecule has 8 heteroatoms. The summed E-state index contributed by atoms with van der Waals surface area (Å²) in [5.74, 6) is -1.34. The molecule has 0 unspecified atom stereocenters. The van der Waals surface area contributed by atoms with Gasteiger partial charge in [-0.15, -0.1) is 0 Å². The number of carbonyl (C=O) groups excluding carboxylic acids is 2. The molecule has 0 fully saturated rings. The van der Waals surface area contributed by atoms with Crippen LogP contribution in [0.15, 0.2) is 48.0 Å². The molecule has 2 N–H and O–H groups in total. The summed E-state index contributed by atoms with van der Waals surface area (Å²) in [7, 11) is 0. The molecular formula is C15H14FN5O2. The molecule has 2 rings (SSSR count). The Hall–Kier alpha value is -3.16. The molecule has 0 spiro atoms. The molecular weight excluding hydrogens is 301 g/mol. The number of anilines is 1. The highest BCUT2D eigenvalue weighted by Gasteiger charge is 2.08. The van der Waals surface area contributed by atoms with Gasteiger partial charge in [0.2, 0.25) is 5.91 Å². The summed E-state index contributed by atoms with van der Waals surface area (Å²) < 4.78 is 13.0. The van der Waals surface area contributed by atoms with E-state index in [1.807, 2.05) is 0 Å². The summed E-state index contributed by atoms with van der Waals surface area (Å²) in [5.41, 5.74) is 3.14. The summed E-state index contributed by atoms with van der Waals surface area (Å²) in [4.78, 5) is 31.1. The Morgan fingerprint density at radius 1 is 1.30 bits per heavy atom. The van der Waals surface area contributed by atoms with Gasteiger partial charge in [-0.3, -0.25) is 14.6 Å². The Morgan fingerprint density at radius 2 is 2.13 bits per heavy atom. The average Bonchev–Trinajstić information content (AvgIpc) is 2.53. The van der Waals surface area contributed by atoms with Crippen LogP contribution in [0.2, 0.25) is 0 Å². The quantitative estimate of drug-likeness (QED) is 0.649. The second kappa shape index (κ2) is 7.74. The summed E-state index contributed by atoms with van der Waals surface area (Å²) in [5, 5.41) is 6.35. The summed E-state index contributed by atoms with van der Waals surface area (Å²) in [6, 6.07) is 5.56. The fraction of sp³-hybridized carbons (Fsp3) is 0.133. The van der Waals surface area contributed by atoms with Crippen molar-refractivity contribution in [3.63, 3.8) is 0 Å². The number of aromatic nitrogens is 2. The topological polar surface area (TPSA) is 96.3 Å². The van der Waals surface area contributed by atoms with Crippen LogP contribution < -0.4 is 10.7 Å². The molecule has 23 heavy (non-hydrogen) atoms. The number of rotatable bonds is 5. The lowest BCUT2D eigenvalue weighted by Gasteiger charge is -2.05. The van der Waals surface area contributed by atoms with Gasteiger partial charge < -0.3 is 5.32 Å². The standard InChI is InChI=1S/C15H14FN5O2/c1-10(20-21-15(23)13-9-17-5-6-18-13)7-14(22)19-12-4-2-3-11(16)8-12/h2-6,8-9H,7H2,1H3,(H,19,22)(H,21,23)/b20-10-. The van der Waals surface area contributed by atoms with Gasteiger partial charge in [0.25, 0.3) is 5.91 Å². The maximum Gasteiger partial charge on any atom is 0.291 e. The predicted octanol–water partition coefficient (Wildman–Crippen LogP) is 1.75. The Morgan fingerprint density at radius 3 is 2.83 bits per heavy atom. The molecule has 0 bridgehead atoms. The predicted molar refractivity (Wildman–Crippen MR) is 82.3 cm³/mol. The van der Waals surface area contributed by atoms with E-state index in [0.29, 0.717) is 11.4 Å². The average molecular weight is 315 g/mol. The van der Waals surface area contributed by atoms with Crippen LogP contribution in [0.5, 0.6) is 0 Å². The number of hydrogen-bond donors (Lipinski definition) is 2. The lowest BCUT2D eigenvalue weighted by molar-refractivity contribution is -0.115. The SMILES string of the molecule is C/C(CC(=O)Nc1cccc(F)c1)=N/NC(=O)c1cnccn1. The van der Waals surface area contributed by atoms with Crippen LogP contribution in [0.3, 0.4) is 0 Å². The maximum absolute atomic E-state index is 13.0. The van der Waals surface area contributed by atoms with Crippen LogP contribution in [-0.2, 0) is 4.79 Å². The monoisotopic (exact) mass is 315 g/mol. The zero-order chi connectivity index (χ0) is 16.7. The second-order valence-corrected chi connectivity index (χ2v) is 4.61. The third kappa shape index (κ3) is 5.27. The molecule has 2 aromatic rings. The Bertz CT molecular complexity index is 734. The van der Waals surface area contributed by atoms with Crippen LogP contribution >= 0.6 is 0 Å². The molecule has 0 aliphatic rings. The van der Waals surface area contributed by atoms with Gasteiger partial charge in [0, 0.05) is 23.8 Å². The third-order valence-corrected chi connectivity index (χ3v) is 2.67. The Kier molecular flexibility index (Phi) is 5.45. The molecule has 7 nitrogen and oxygen atoms in total. The third-order valence-electron chi connectivity index (χ3n) is 2.67. The van der Waals surface area contributed by atoms with Crippen LogP contribution in [-0.4, -0.2) is 27.5 Å². The van der Waals surface area contributed by atoms with Gasteiger partial charge >= 0.3 is 0 Å². The molecule has 0 radical (unpaired) electrons. The molecule has 0 aliphatic heterocycles. The van der Waals surface area contributed by atoms with Crippen molar-refractivity contribution in [1.82, 2.24) is 15.4 Å². The van der Waals surface area contributed by atoms with E-state index in [-0.39, 0.29) is 18.0 Å². The van der Waals surface area contributed by atoms with Crippen LogP contribution in [0.1, 0.15) is 23.8 Å². The van der Waals surface area contributed by atoms with Crippen LogP contribution in [0.25, 0.3) is 0 Å². The lowest BCUT2D eigenvalue weighted by Crippen LogP contribution is -2.22. The number of carbonyl (C=O) groups is 2. The number of benzene rings is 1. The van der Waals surface area contributed by atoms with Gasteiger partial charge in [-0.2, -0.15) is 5.10 Å². The van der Waals surface area contributed by atoms with Crippen molar-refractivity contribution in [1.29, 1.82) is 0 Å². The molecule has 1 heterocycles. The zero-order valence-corrected chi connectivity index (χ0v) is 12.3. The molecule has 0 saturated heterocycles. The van der Waals surface area contributed by atoms with E-state index in [0.717, 1.165) is 0 Å².